The molecular weight excluding hydrogens is 94.0 g/mol. The molecule has 0 bridgehead atoms. The Balaban J connectivity index is 3.53. The molecule has 0 saturated carbocycles. The number of carboxylic acids is 1. The van der Waals surface area contributed by atoms with Gasteiger partial charge in [-0.05, 0) is 0 Å². The third-order valence-corrected chi connectivity index (χ3v) is 0.292. The number of carbonyl (C=O) groups is 1. The van der Waals surface area contributed by atoms with E-state index in [9.17, 15) is 4.79 Å². The summed E-state index contributed by atoms with van der Waals surface area (Å²) in [5.41, 5.74) is 0. The fourth-order valence-corrected chi connectivity index (χ4v) is 0.101. The monoisotopic (exact) mass is 97.0 g/mol. The smallest absolute Gasteiger partial charge is 0.317 e. The van der Waals surface area contributed by atoms with Crippen molar-refractivity contribution in [1.82, 2.24) is 0 Å². The minimum Gasteiger partial charge on any atom is -0.479 e. The second-order valence-electron chi connectivity index (χ2n) is 0.783. The minimum absolute atomic E-state index is 0.785. The highest BCUT2D eigenvalue weighted by molar-refractivity contribution is 5.79. The van der Waals surface area contributed by atoms with E-state index in [1.807, 2.05) is 0 Å². The summed E-state index contributed by atoms with van der Waals surface area (Å²) in [6, 6.07) is 0. The Morgan fingerprint density at radius 1 is 1.86 bits per heavy atom. The molecule has 3 heteroatoms. The average molecular weight is 97.1 g/mol. The van der Waals surface area contributed by atoms with Gasteiger partial charge >= 0.3 is 5.97 Å². The van der Waals surface area contributed by atoms with Gasteiger partial charge in [-0.1, -0.05) is 0 Å². The Hall–Kier alpha value is -1.30. The first-order chi connectivity index (χ1) is 3.27. The van der Waals surface area contributed by atoms with Gasteiger partial charge in [0.05, 0.1) is 6.57 Å². The van der Waals surface area contributed by atoms with Crippen LogP contribution in [0.1, 0.15) is 0 Å². The lowest BCUT2D eigenvalue weighted by atomic mass is 10.6. The van der Waals surface area contributed by atoms with Crippen LogP contribution in [-0.4, -0.2) is 11.1 Å². The highest BCUT2D eigenvalue weighted by atomic mass is 16.4. The van der Waals surface area contributed by atoms with Crippen molar-refractivity contribution in [2.24, 2.45) is 0 Å². The summed E-state index contributed by atoms with van der Waals surface area (Å²) in [7, 11) is 0. The average Bonchev–Trinajstić information content (AvgIpc) is 1.61. The summed E-state index contributed by atoms with van der Waals surface area (Å²) in [6.45, 7) is 6.07. The second-order valence-corrected chi connectivity index (χ2v) is 0.783. The lowest BCUT2D eigenvalue weighted by molar-refractivity contribution is -0.131. The molecule has 0 aliphatic rings. The minimum atomic E-state index is -1.09. The van der Waals surface area contributed by atoms with E-state index in [2.05, 4.69) is 4.85 Å². The van der Waals surface area contributed by atoms with Gasteiger partial charge in [0, 0.05) is 6.08 Å². The van der Waals surface area contributed by atoms with Crippen LogP contribution in [0.5, 0.6) is 0 Å². The van der Waals surface area contributed by atoms with E-state index in [0.717, 1.165) is 12.3 Å². The van der Waals surface area contributed by atoms with Crippen molar-refractivity contribution in [3.05, 3.63) is 23.7 Å². The Morgan fingerprint density at radius 2 is 2.43 bits per heavy atom. The van der Waals surface area contributed by atoms with Crippen molar-refractivity contribution in [2.75, 3.05) is 0 Å². The molecule has 0 spiro atoms. The number of nitrogens with zero attached hydrogens (tertiary/aromatic N) is 1. The third kappa shape index (κ3) is 4.70. The van der Waals surface area contributed by atoms with Gasteiger partial charge in [-0.15, -0.1) is 0 Å². The molecule has 0 saturated heterocycles. The van der Waals surface area contributed by atoms with E-state index in [4.69, 9.17) is 11.7 Å². The molecule has 0 atom stereocenters. The standard InChI is InChI=1S/C4H3NO2/c1-5-3-2-4(6)7/h2-3H,(H,6,7)/b3-2+. The predicted octanol–water partition coefficient (Wildman–Crippen LogP) is 0.504. The number of hydrogen-bond acceptors (Lipinski definition) is 1. The second kappa shape index (κ2) is 2.91. The van der Waals surface area contributed by atoms with E-state index in [0.29, 0.717) is 0 Å². The van der Waals surface area contributed by atoms with Crippen LogP contribution in [-0.2, 0) is 4.79 Å². The molecule has 0 aromatic carbocycles. The zero-order chi connectivity index (χ0) is 5.70. The molecule has 0 aromatic rings. The molecule has 7 heavy (non-hydrogen) atoms. The zero-order valence-corrected chi connectivity index (χ0v) is 3.46. The third-order valence-electron chi connectivity index (χ3n) is 0.292. The summed E-state index contributed by atoms with van der Waals surface area (Å²) >= 11 is 0. The highest BCUT2D eigenvalue weighted by Crippen LogP contribution is 1.70. The molecule has 36 valence electrons. The molecule has 0 heterocycles. The van der Waals surface area contributed by atoms with Crippen LogP contribution >= 0.6 is 0 Å². The molecular formula is C4H3NO2. The van der Waals surface area contributed by atoms with Crippen LogP contribution in [0.2, 0.25) is 0 Å². The fraction of sp³-hybridized carbons (Fsp3) is 0. The Morgan fingerprint density at radius 3 is 2.57 bits per heavy atom. The van der Waals surface area contributed by atoms with Crippen LogP contribution < -0.4 is 0 Å². The summed E-state index contributed by atoms with van der Waals surface area (Å²) < 4.78 is 0. The molecule has 3 nitrogen and oxygen atoms in total. The van der Waals surface area contributed by atoms with Crippen LogP contribution in [0.4, 0.5) is 0 Å². The lowest BCUT2D eigenvalue weighted by Crippen LogP contribution is -1.83. The zero-order valence-electron chi connectivity index (χ0n) is 3.46. The number of aliphatic carboxylic acids is 1. The van der Waals surface area contributed by atoms with E-state index >= 15 is 0 Å². The van der Waals surface area contributed by atoms with Crippen LogP contribution in [0, 0.1) is 6.57 Å². The molecule has 0 fully saturated rings. The quantitative estimate of drug-likeness (QED) is 0.382. The molecule has 1 N–H and O–H groups in total. The number of carboxylic acid groups (broad SMARTS) is 1. The summed E-state index contributed by atoms with van der Waals surface area (Å²) in [5.74, 6) is -1.09. The Labute approximate surface area is 40.7 Å². The Kier molecular flexibility index (Phi) is 2.37. The summed E-state index contributed by atoms with van der Waals surface area (Å²) in [4.78, 5) is 12.2. The van der Waals surface area contributed by atoms with Gasteiger partial charge in [0.2, 0.25) is 0 Å². The van der Waals surface area contributed by atoms with Crippen molar-refractivity contribution in [3.8, 4) is 0 Å². The number of hydrogen-bond donors (Lipinski definition) is 1. The Bertz CT molecular complexity index is 131. The van der Waals surface area contributed by atoms with Gasteiger partial charge in [-0.3, -0.25) is 0 Å². The van der Waals surface area contributed by atoms with E-state index in [1.165, 1.54) is 0 Å². The topological polar surface area (TPSA) is 41.7 Å². The van der Waals surface area contributed by atoms with Crippen molar-refractivity contribution >= 4 is 5.97 Å². The van der Waals surface area contributed by atoms with Gasteiger partial charge < -0.3 is 5.11 Å². The van der Waals surface area contributed by atoms with Gasteiger partial charge in [0.1, 0.15) is 0 Å². The van der Waals surface area contributed by atoms with Crippen molar-refractivity contribution in [1.29, 1.82) is 0 Å². The first-order valence-corrected chi connectivity index (χ1v) is 1.53. The van der Waals surface area contributed by atoms with Crippen molar-refractivity contribution < 1.29 is 9.90 Å². The lowest BCUT2D eigenvalue weighted by Gasteiger charge is -1.68. The van der Waals surface area contributed by atoms with Crippen LogP contribution in [0.15, 0.2) is 12.3 Å². The van der Waals surface area contributed by atoms with Gasteiger partial charge in [-0.2, -0.15) is 0 Å². The van der Waals surface area contributed by atoms with E-state index in [-0.39, 0.29) is 0 Å². The summed E-state index contributed by atoms with van der Waals surface area (Å²) in [5, 5.41) is 7.81. The highest BCUT2D eigenvalue weighted by Gasteiger charge is 1.78. The molecule has 0 radical (unpaired) electrons. The maximum atomic E-state index is 9.53. The van der Waals surface area contributed by atoms with Gasteiger partial charge in [0.25, 0.3) is 0 Å². The predicted molar refractivity (Wildman–Crippen MR) is 23.4 cm³/mol. The largest absolute Gasteiger partial charge is 0.479 e. The van der Waals surface area contributed by atoms with E-state index in [1.54, 1.807) is 0 Å². The molecule has 0 aromatic heterocycles. The number of rotatable bonds is 1. The molecule has 0 aliphatic carbocycles. The molecule has 0 aliphatic heterocycles. The fourth-order valence-electron chi connectivity index (χ4n) is 0.101. The molecule has 0 amide bonds. The van der Waals surface area contributed by atoms with Gasteiger partial charge in [-0.25, -0.2) is 9.64 Å². The molecule has 0 unspecified atom stereocenters. The maximum absolute atomic E-state index is 9.53. The van der Waals surface area contributed by atoms with E-state index < -0.39 is 5.97 Å². The van der Waals surface area contributed by atoms with Crippen LogP contribution in [0.3, 0.4) is 0 Å². The van der Waals surface area contributed by atoms with Crippen molar-refractivity contribution in [3.63, 3.8) is 0 Å². The molecule has 0 rings (SSSR count). The summed E-state index contributed by atoms with van der Waals surface area (Å²) in [6.07, 6.45) is 1.68. The SMILES string of the molecule is [C-]#[N+]/C=C/C(=O)O. The first kappa shape index (κ1) is 5.70. The first-order valence-electron chi connectivity index (χ1n) is 1.53. The normalized spacial score (nSPS) is 8.43. The van der Waals surface area contributed by atoms with Crippen LogP contribution in [0.25, 0.3) is 4.85 Å². The van der Waals surface area contributed by atoms with Gasteiger partial charge in [0.15, 0.2) is 6.20 Å². The maximum Gasteiger partial charge on any atom is 0.317 e. The van der Waals surface area contributed by atoms with Crippen molar-refractivity contribution in [2.45, 2.75) is 0 Å².